The molecule has 1 aromatic heterocycles. The second-order valence-corrected chi connectivity index (χ2v) is 5.70. The van der Waals surface area contributed by atoms with Gasteiger partial charge < -0.3 is 10.2 Å². The number of piperidine rings is 1. The molecule has 1 N–H and O–H groups in total. The molecule has 3 rings (SSSR count). The Hall–Kier alpha value is -1.68. The highest BCUT2D eigenvalue weighted by molar-refractivity contribution is 5.97. The molecule has 1 fully saturated rings. The van der Waals surface area contributed by atoms with E-state index in [0.29, 0.717) is 0 Å². The Morgan fingerprint density at radius 2 is 2.21 bits per heavy atom. The zero-order valence-corrected chi connectivity index (χ0v) is 11.3. The number of carbonyl (C=O) groups excluding carboxylic acids is 1. The van der Waals surface area contributed by atoms with E-state index in [4.69, 9.17) is 0 Å². The van der Waals surface area contributed by atoms with E-state index in [1.807, 2.05) is 0 Å². The maximum Gasteiger partial charge on any atom is 0.232 e. The van der Waals surface area contributed by atoms with Gasteiger partial charge in [0.2, 0.25) is 5.91 Å². The monoisotopic (exact) mass is 257 g/mol. The van der Waals surface area contributed by atoms with Gasteiger partial charge >= 0.3 is 0 Å². The van der Waals surface area contributed by atoms with Crippen LogP contribution in [0, 0.1) is 5.41 Å². The van der Waals surface area contributed by atoms with E-state index in [0.717, 1.165) is 49.3 Å². The Kier molecular flexibility index (Phi) is 2.90. The van der Waals surface area contributed by atoms with Gasteiger partial charge in [-0.25, -0.2) is 4.98 Å². The van der Waals surface area contributed by atoms with E-state index in [9.17, 15) is 4.79 Å². The van der Waals surface area contributed by atoms with Crippen LogP contribution in [0.15, 0.2) is 18.8 Å². The third kappa shape index (κ3) is 2.06. The van der Waals surface area contributed by atoms with Gasteiger partial charge in [0.1, 0.15) is 5.82 Å². The summed E-state index contributed by atoms with van der Waals surface area (Å²) in [5.74, 6) is 0.868. The SMILES string of the molecule is C=Cc1cnc2c(c1)CC1(CCN(C)CC1)C(=O)N2. The maximum absolute atomic E-state index is 12.4. The predicted octanol–water partition coefficient (Wildman–Crippen LogP) is 1.93. The van der Waals surface area contributed by atoms with Crippen molar-refractivity contribution in [2.24, 2.45) is 5.41 Å². The molecule has 0 aliphatic carbocycles. The molecular formula is C15H19N3O. The number of pyridine rings is 1. The number of carbonyl (C=O) groups is 1. The van der Waals surface area contributed by atoms with Crippen LogP contribution in [0.3, 0.4) is 0 Å². The average Bonchev–Trinajstić information content (AvgIpc) is 2.43. The summed E-state index contributed by atoms with van der Waals surface area (Å²) in [4.78, 5) is 19.0. The minimum Gasteiger partial charge on any atom is -0.310 e. The van der Waals surface area contributed by atoms with Crippen LogP contribution < -0.4 is 5.32 Å². The molecule has 2 aliphatic heterocycles. The summed E-state index contributed by atoms with van der Waals surface area (Å²) in [5.41, 5.74) is 1.92. The highest BCUT2D eigenvalue weighted by atomic mass is 16.2. The molecule has 19 heavy (non-hydrogen) atoms. The molecule has 2 aliphatic rings. The van der Waals surface area contributed by atoms with Crippen LogP contribution in [0.2, 0.25) is 0 Å². The van der Waals surface area contributed by atoms with Crippen LogP contribution >= 0.6 is 0 Å². The van der Waals surface area contributed by atoms with Crippen molar-refractivity contribution < 1.29 is 4.79 Å². The third-order valence-electron chi connectivity index (χ3n) is 4.41. The van der Waals surface area contributed by atoms with Crippen molar-refractivity contribution in [3.63, 3.8) is 0 Å². The van der Waals surface area contributed by atoms with Crippen molar-refractivity contribution in [3.05, 3.63) is 30.0 Å². The summed E-state index contributed by atoms with van der Waals surface area (Å²) in [5, 5.41) is 2.98. The van der Waals surface area contributed by atoms with Crippen LogP contribution in [0.4, 0.5) is 5.82 Å². The van der Waals surface area contributed by atoms with Gasteiger partial charge in [0, 0.05) is 6.20 Å². The van der Waals surface area contributed by atoms with Crippen LogP contribution in [0.1, 0.15) is 24.0 Å². The Labute approximate surface area is 113 Å². The van der Waals surface area contributed by atoms with Gasteiger partial charge in [-0.1, -0.05) is 12.7 Å². The molecule has 0 aromatic carbocycles. The number of nitrogens with zero attached hydrogens (tertiary/aromatic N) is 2. The fraction of sp³-hybridized carbons (Fsp3) is 0.467. The van der Waals surface area contributed by atoms with Crippen molar-refractivity contribution in [1.82, 2.24) is 9.88 Å². The third-order valence-corrected chi connectivity index (χ3v) is 4.41. The molecule has 0 radical (unpaired) electrons. The number of fused-ring (bicyclic) bond motifs is 1. The van der Waals surface area contributed by atoms with Crippen LogP contribution in [-0.4, -0.2) is 35.9 Å². The molecular weight excluding hydrogens is 238 g/mol. The highest BCUT2D eigenvalue weighted by Crippen LogP contribution is 2.40. The van der Waals surface area contributed by atoms with Crippen molar-refractivity contribution >= 4 is 17.8 Å². The molecule has 0 bridgehead atoms. The van der Waals surface area contributed by atoms with Crippen LogP contribution in [0.5, 0.6) is 0 Å². The number of aromatic nitrogens is 1. The number of nitrogens with one attached hydrogen (secondary N) is 1. The average molecular weight is 257 g/mol. The lowest BCUT2D eigenvalue weighted by molar-refractivity contribution is -0.128. The standard InChI is InChI=1S/C15H19N3O/c1-3-11-8-12-9-15(4-6-18(2)7-5-15)14(19)17-13(12)16-10-11/h3,8,10H,1,4-7,9H2,2H3,(H,16,17,19). The number of rotatable bonds is 1. The van der Waals surface area contributed by atoms with Gasteiger partial charge in [-0.15, -0.1) is 0 Å². The molecule has 1 saturated heterocycles. The molecule has 1 spiro atoms. The largest absolute Gasteiger partial charge is 0.310 e. The lowest BCUT2D eigenvalue weighted by Crippen LogP contribution is -2.49. The smallest absolute Gasteiger partial charge is 0.232 e. The van der Waals surface area contributed by atoms with E-state index in [1.54, 1.807) is 12.3 Å². The summed E-state index contributed by atoms with van der Waals surface area (Å²) in [7, 11) is 2.11. The van der Waals surface area contributed by atoms with Crippen LogP contribution in [0.25, 0.3) is 6.08 Å². The normalized spacial score (nSPS) is 21.8. The van der Waals surface area contributed by atoms with Crippen molar-refractivity contribution in [3.8, 4) is 0 Å². The Bertz CT molecular complexity index is 530. The van der Waals surface area contributed by atoms with Crippen molar-refractivity contribution in [2.45, 2.75) is 19.3 Å². The quantitative estimate of drug-likeness (QED) is 0.836. The molecule has 0 saturated carbocycles. The fourth-order valence-corrected chi connectivity index (χ4v) is 3.02. The lowest BCUT2D eigenvalue weighted by Gasteiger charge is -2.42. The molecule has 4 nitrogen and oxygen atoms in total. The lowest BCUT2D eigenvalue weighted by atomic mass is 9.71. The van der Waals surface area contributed by atoms with E-state index >= 15 is 0 Å². The number of likely N-dealkylation sites (tertiary alicyclic amines) is 1. The maximum atomic E-state index is 12.4. The first-order valence-electron chi connectivity index (χ1n) is 6.74. The minimum absolute atomic E-state index is 0.145. The molecule has 1 amide bonds. The van der Waals surface area contributed by atoms with Gasteiger partial charge in [0.25, 0.3) is 0 Å². The second-order valence-electron chi connectivity index (χ2n) is 5.70. The van der Waals surface area contributed by atoms with E-state index in [1.165, 1.54) is 0 Å². The molecule has 0 unspecified atom stereocenters. The zero-order valence-electron chi connectivity index (χ0n) is 11.3. The Balaban J connectivity index is 1.94. The van der Waals surface area contributed by atoms with Gasteiger partial charge in [0.15, 0.2) is 0 Å². The molecule has 100 valence electrons. The molecule has 1 aromatic rings. The highest BCUT2D eigenvalue weighted by Gasteiger charge is 2.44. The van der Waals surface area contributed by atoms with Crippen molar-refractivity contribution in [2.75, 3.05) is 25.5 Å². The summed E-state index contributed by atoms with van der Waals surface area (Å²) in [6.45, 7) is 5.74. The van der Waals surface area contributed by atoms with Crippen LogP contribution in [-0.2, 0) is 11.2 Å². The zero-order chi connectivity index (χ0) is 13.5. The molecule has 4 heteroatoms. The summed E-state index contributed by atoms with van der Waals surface area (Å²) >= 11 is 0. The van der Waals surface area contributed by atoms with Gasteiger partial charge in [0.05, 0.1) is 5.41 Å². The first-order valence-corrected chi connectivity index (χ1v) is 6.74. The first kappa shape index (κ1) is 12.4. The second kappa shape index (κ2) is 4.46. The number of anilines is 1. The number of amides is 1. The Morgan fingerprint density at radius 1 is 1.47 bits per heavy atom. The van der Waals surface area contributed by atoms with E-state index < -0.39 is 0 Å². The van der Waals surface area contributed by atoms with Gasteiger partial charge in [-0.05, 0) is 56.6 Å². The minimum atomic E-state index is -0.235. The predicted molar refractivity (Wildman–Crippen MR) is 75.8 cm³/mol. The summed E-state index contributed by atoms with van der Waals surface area (Å²) in [6.07, 6.45) is 6.20. The first-order chi connectivity index (χ1) is 9.13. The van der Waals surface area contributed by atoms with E-state index in [-0.39, 0.29) is 11.3 Å². The Morgan fingerprint density at radius 3 is 2.89 bits per heavy atom. The summed E-state index contributed by atoms with van der Waals surface area (Å²) in [6, 6.07) is 2.09. The molecule has 3 heterocycles. The summed E-state index contributed by atoms with van der Waals surface area (Å²) < 4.78 is 0. The van der Waals surface area contributed by atoms with Crippen molar-refractivity contribution in [1.29, 1.82) is 0 Å². The van der Waals surface area contributed by atoms with Gasteiger partial charge in [-0.2, -0.15) is 0 Å². The topological polar surface area (TPSA) is 45.2 Å². The van der Waals surface area contributed by atoms with E-state index in [2.05, 4.69) is 34.9 Å². The number of hydrogen-bond donors (Lipinski definition) is 1. The van der Waals surface area contributed by atoms with Gasteiger partial charge in [-0.3, -0.25) is 4.79 Å². The number of hydrogen-bond acceptors (Lipinski definition) is 3. The fourth-order valence-electron chi connectivity index (χ4n) is 3.02. The molecule has 0 atom stereocenters.